The van der Waals surface area contributed by atoms with Crippen molar-refractivity contribution in [2.45, 2.75) is 51.7 Å². The largest absolute Gasteiger partial charge is 0.384 e. The van der Waals surface area contributed by atoms with E-state index < -0.39 is 5.54 Å². The Balaban J connectivity index is 1.60. The molecular weight excluding hydrogens is 356 g/mol. The molecule has 6 nitrogen and oxygen atoms in total. The molecule has 1 aromatic carbocycles. The number of methoxy groups -OCH3 is 1. The lowest BCUT2D eigenvalue weighted by Crippen LogP contribution is -2.55. The third kappa shape index (κ3) is 5.32. The maximum atomic E-state index is 12.9. The van der Waals surface area contributed by atoms with Gasteiger partial charge in [0.15, 0.2) is 0 Å². The number of carbonyl (C=O) groups is 2. The van der Waals surface area contributed by atoms with Crippen LogP contribution in [0.4, 0.5) is 0 Å². The molecule has 0 saturated heterocycles. The Morgan fingerprint density at radius 1 is 1.32 bits per heavy atom. The Kier molecular flexibility index (Phi) is 6.73. The maximum absolute atomic E-state index is 12.9. The lowest BCUT2D eigenvalue weighted by molar-refractivity contribution is -0.122. The highest BCUT2D eigenvalue weighted by Crippen LogP contribution is 2.39. The zero-order chi connectivity index (χ0) is 20.1. The van der Waals surface area contributed by atoms with E-state index in [0.29, 0.717) is 44.3 Å². The van der Waals surface area contributed by atoms with E-state index in [9.17, 15) is 9.59 Å². The van der Waals surface area contributed by atoms with Crippen LogP contribution in [-0.4, -0.2) is 44.2 Å². The second-order valence-corrected chi connectivity index (χ2v) is 8.47. The van der Waals surface area contributed by atoms with E-state index in [4.69, 9.17) is 9.47 Å². The number of nitrogens with one attached hydrogen (secondary N) is 2. The number of rotatable bonds is 9. The molecule has 3 rings (SSSR count). The summed E-state index contributed by atoms with van der Waals surface area (Å²) >= 11 is 0. The van der Waals surface area contributed by atoms with E-state index in [0.717, 1.165) is 24.8 Å². The lowest BCUT2D eigenvalue weighted by Gasteiger charge is -2.32. The first-order valence-electron chi connectivity index (χ1n) is 10.2. The number of benzene rings is 1. The molecule has 2 amide bonds. The first kappa shape index (κ1) is 20.8. The highest BCUT2D eigenvalue weighted by atomic mass is 16.5. The molecule has 1 aromatic rings. The van der Waals surface area contributed by atoms with Gasteiger partial charge in [0.25, 0.3) is 5.91 Å². The number of hydrogen-bond donors (Lipinski definition) is 2. The summed E-state index contributed by atoms with van der Waals surface area (Å²) in [6, 6.07) is 5.82. The molecule has 154 valence electrons. The Morgan fingerprint density at radius 3 is 2.82 bits per heavy atom. The summed E-state index contributed by atoms with van der Waals surface area (Å²) in [4.78, 5) is 25.2. The third-order valence-electron chi connectivity index (χ3n) is 5.76. The zero-order valence-electron chi connectivity index (χ0n) is 17.2. The first-order chi connectivity index (χ1) is 13.4. The van der Waals surface area contributed by atoms with Gasteiger partial charge in [-0.1, -0.05) is 13.0 Å². The minimum Gasteiger partial charge on any atom is -0.384 e. The molecule has 2 N–H and O–H groups in total. The second-order valence-electron chi connectivity index (χ2n) is 8.47. The van der Waals surface area contributed by atoms with Crippen molar-refractivity contribution in [3.8, 4) is 0 Å². The van der Waals surface area contributed by atoms with Gasteiger partial charge in [-0.05, 0) is 61.3 Å². The first-order valence-corrected chi connectivity index (χ1v) is 10.2. The molecule has 1 heterocycles. The second kappa shape index (κ2) is 9.05. The highest BCUT2D eigenvalue weighted by molar-refractivity contribution is 5.95. The molecule has 1 fully saturated rings. The van der Waals surface area contributed by atoms with Crippen LogP contribution in [0.3, 0.4) is 0 Å². The zero-order valence-corrected chi connectivity index (χ0v) is 17.2. The number of fused-ring (bicyclic) bond motifs is 1. The molecule has 2 atom stereocenters. The number of carbonyl (C=O) groups excluding carboxylic acids is 2. The summed E-state index contributed by atoms with van der Waals surface area (Å²) in [5.74, 6) is 0.496. The van der Waals surface area contributed by atoms with Gasteiger partial charge in [-0.3, -0.25) is 9.59 Å². The fourth-order valence-electron chi connectivity index (χ4n) is 3.86. The van der Waals surface area contributed by atoms with Crippen molar-refractivity contribution in [3.63, 3.8) is 0 Å². The molecule has 1 aliphatic heterocycles. The molecule has 0 spiro atoms. The smallest absolute Gasteiger partial charge is 0.251 e. The van der Waals surface area contributed by atoms with E-state index >= 15 is 0 Å². The fourth-order valence-corrected chi connectivity index (χ4v) is 3.86. The Morgan fingerprint density at radius 2 is 2.11 bits per heavy atom. The minimum absolute atomic E-state index is 0.000505. The maximum Gasteiger partial charge on any atom is 0.251 e. The number of hydrogen-bond acceptors (Lipinski definition) is 4. The van der Waals surface area contributed by atoms with E-state index in [1.54, 1.807) is 7.11 Å². The van der Waals surface area contributed by atoms with Gasteiger partial charge >= 0.3 is 0 Å². The van der Waals surface area contributed by atoms with Gasteiger partial charge in [0.2, 0.25) is 5.91 Å². The average Bonchev–Trinajstić information content (AvgIpc) is 3.52. The van der Waals surface area contributed by atoms with Crippen molar-refractivity contribution in [1.82, 2.24) is 10.6 Å². The summed E-state index contributed by atoms with van der Waals surface area (Å²) in [5, 5.41) is 6.22. The number of amides is 2. The van der Waals surface area contributed by atoms with Crippen LogP contribution in [0.5, 0.6) is 0 Å². The van der Waals surface area contributed by atoms with E-state index in [2.05, 4.69) is 10.6 Å². The van der Waals surface area contributed by atoms with Crippen LogP contribution >= 0.6 is 0 Å². The van der Waals surface area contributed by atoms with Crippen molar-refractivity contribution in [3.05, 3.63) is 34.9 Å². The topological polar surface area (TPSA) is 76.7 Å². The predicted octanol–water partition coefficient (Wildman–Crippen LogP) is 2.45. The molecule has 2 unspecified atom stereocenters. The summed E-state index contributed by atoms with van der Waals surface area (Å²) in [6.45, 7) is 6.35. The Bertz CT molecular complexity index is 716. The highest BCUT2D eigenvalue weighted by Gasteiger charge is 2.43. The normalized spacial score (nSPS) is 19.2. The van der Waals surface area contributed by atoms with Crippen LogP contribution in [0.1, 0.15) is 54.6 Å². The van der Waals surface area contributed by atoms with Gasteiger partial charge in [-0.25, -0.2) is 0 Å². The summed E-state index contributed by atoms with van der Waals surface area (Å²) < 4.78 is 10.6. The van der Waals surface area contributed by atoms with Gasteiger partial charge in [-0.15, -0.1) is 0 Å². The van der Waals surface area contributed by atoms with Gasteiger partial charge in [-0.2, -0.15) is 0 Å². The Labute approximate surface area is 167 Å². The lowest BCUT2D eigenvalue weighted by atomic mass is 9.94. The van der Waals surface area contributed by atoms with Gasteiger partial charge in [0.1, 0.15) is 0 Å². The van der Waals surface area contributed by atoms with Gasteiger partial charge in [0.05, 0.1) is 18.8 Å². The van der Waals surface area contributed by atoms with E-state index in [-0.39, 0.29) is 17.7 Å². The molecule has 0 radical (unpaired) electrons. The summed E-state index contributed by atoms with van der Waals surface area (Å²) in [7, 11) is 1.64. The van der Waals surface area contributed by atoms with Crippen LogP contribution in [-0.2, 0) is 27.3 Å². The standard InChI is InChI=1S/C22H32N2O4/c1-15(12-27-3)10-20(25)23-14-22(2,19-6-7-19)24-21(26)17-4-5-18-13-28-9-8-16(18)11-17/h4-5,11,15,19H,6-10,12-14H2,1-3H3,(H,23,25)(H,24,26). The van der Waals surface area contributed by atoms with E-state index in [1.807, 2.05) is 32.0 Å². The van der Waals surface area contributed by atoms with Crippen molar-refractivity contribution in [2.75, 3.05) is 26.9 Å². The SMILES string of the molecule is COCC(C)CC(=O)NCC(C)(NC(=O)c1ccc2c(c1)CCOC2)C1CC1. The molecule has 1 saturated carbocycles. The van der Waals surface area contributed by atoms with Crippen LogP contribution in [0, 0.1) is 11.8 Å². The quantitative estimate of drug-likeness (QED) is 0.681. The Hall–Kier alpha value is -1.92. The van der Waals surface area contributed by atoms with Crippen molar-refractivity contribution in [2.24, 2.45) is 11.8 Å². The minimum atomic E-state index is -0.434. The summed E-state index contributed by atoms with van der Waals surface area (Å²) in [5.41, 5.74) is 2.58. The van der Waals surface area contributed by atoms with Crippen molar-refractivity contribution >= 4 is 11.8 Å². The number of ether oxygens (including phenoxy) is 2. The molecule has 0 aromatic heterocycles. The monoisotopic (exact) mass is 388 g/mol. The van der Waals surface area contributed by atoms with E-state index in [1.165, 1.54) is 5.56 Å². The van der Waals surface area contributed by atoms with Crippen LogP contribution in [0.15, 0.2) is 18.2 Å². The fraction of sp³-hybridized carbons (Fsp3) is 0.636. The van der Waals surface area contributed by atoms with Gasteiger partial charge in [0, 0.05) is 32.2 Å². The van der Waals surface area contributed by atoms with Gasteiger partial charge < -0.3 is 20.1 Å². The molecule has 0 bridgehead atoms. The van der Waals surface area contributed by atoms with Crippen molar-refractivity contribution in [1.29, 1.82) is 0 Å². The molecule has 2 aliphatic rings. The third-order valence-corrected chi connectivity index (χ3v) is 5.76. The average molecular weight is 389 g/mol. The van der Waals surface area contributed by atoms with Crippen LogP contribution in [0.25, 0.3) is 0 Å². The molecule has 1 aliphatic carbocycles. The van der Waals surface area contributed by atoms with Crippen LogP contribution in [0.2, 0.25) is 0 Å². The van der Waals surface area contributed by atoms with Crippen molar-refractivity contribution < 1.29 is 19.1 Å². The molecular formula is C22H32N2O4. The molecule has 6 heteroatoms. The summed E-state index contributed by atoms with van der Waals surface area (Å²) in [6.07, 6.45) is 3.42. The van der Waals surface area contributed by atoms with Crippen LogP contribution < -0.4 is 10.6 Å². The molecule has 28 heavy (non-hydrogen) atoms. The predicted molar refractivity (Wildman–Crippen MR) is 107 cm³/mol.